The molecule has 0 bridgehead atoms. The van der Waals surface area contributed by atoms with Crippen molar-refractivity contribution in [3.8, 4) is 0 Å². The summed E-state index contributed by atoms with van der Waals surface area (Å²) in [5, 5.41) is 3.76. The Bertz CT molecular complexity index is 383. The number of hydrogen-bond acceptors (Lipinski definition) is 2. The minimum Gasteiger partial charge on any atom is -0.298 e. The van der Waals surface area contributed by atoms with Crippen LogP contribution in [0.25, 0.3) is 0 Å². The Morgan fingerprint density at radius 2 is 2.33 bits per heavy atom. The molecule has 1 fully saturated rings. The number of hydrogen-bond donors (Lipinski definition) is 0. The Labute approximate surface area is 86.1 Å². The van der Waals surface area contributed by atoms with Crippen LogP contribution >= 0.6 is 0 Å². The second kappa shape index (κ2) is 3.72. The normalized spacial score (nSPS) is 16.0. The molecule has 1 aromatic heterocycles. The summed E-state index contributed by atoms with van der Waals surface area (Å²) in [7, 11) is 0. The number of carbonyl (C=O) groups excluding carboxylic acids is 1. The number of aromatic nitrogens is 2. The van der Waals surface area contributed by atoms with Crippen LogP contribution in [-0.4, -0.2) is 15.6 Å². The van der Waals surface area contributed by atoms with E-state index in [1.807, 2.05) is 0 Å². The second-order valence-electron chi connectivity index (χ2n) is 3.93. The summed E-state index contributed by atoms with van der Waals surface area (Å²) in [6, 6.07) is 1.42. The Hall–Kier alpha value is -1.26. The Morgan fingerprint density at radius 3 is 2.80 bits per heavy atom. The molecule has 1 aromatic rings. The van der Waals surface area contributed by atoms with Crippen molar-refractivity contribution in [1.29, 1.82) is 0 Å². The van der Waals surface area contributed by atoms with E-state index in [0.717, 1.165) is 18.5 Å². The topological polar surface area (TPSA) is 34.9 Å². The fraction of sp³-hybridized carbons (Fsp3) is 0.600. The first kappa shape index (κ1) is 10.3. The van der Waals surface area contributed by atoms with E-state index in [9.17, 15) is 13.6 Å². The second-order valence-corrected chi connectivity index (χ2v) is 3.93. The van der Waals surface area contributed by atoms with Crippen LogP contribution in [0, 0.1) is 0 Å². The molecule has 0 amide bonds. The third kappa shape index (κ3) is 2.22. The van der Waals surface area contributed by atoms with Gasteiger partial charge in [-0.1, -0.05) is 0 Å². The summed E-state index contributed by atoms with van der Waals surface area (Å²) >= 11 is 0. The molecule has 3 nitrogen and oxygen atoms in total. The number of rotatable bonds is 4. The Morgan fingerprint density at radius 1 is 1.67 bits per heavy atom. The molecule has 0 radical (unpaired) electrons. The van der Waals surface area contributed by atoms with Crippen molar-refractivity contribution in [2.75, 3.05) is 0 Å². The van der Waals surface area contributed by atoms with Gasteiger partial charge in [0.1, 0.15) is 5.69 Å². The van der Waals surface area contributed by atoms with Crippen LogP contribution < -0.4 is 0 Å². The maximum atomic E-state index is 12.4. The van der Waals surface area contributed by atoms with Gasteiger partial charge >= 0.3 is 0 Å². The summed E-state index contributed by atoms with van der Waals surface area (Å²) in [5.41, 5.74) is 0.554. The van der Waals surface area contributed by atoms with Crippen LogP contribution in [0.1, 0.15) is 43.5 Å². The van der Waals surface area contributed by atoms with Gasteiger partial charge in [-0.15, -0.1) is 0 Å². The van der Waals surface area contributed by atoms with E-state index in [1.165, 1.54) is 17.7 Å². The van der Waals surface area contributed by atoms with Crippen molar-refractivity contribution < 1.29 is 13.6 Å². The summed E-state index contributed by atoms with van der Waals surface area (Å²) in [4.78, 5) is 10.9. The lowest BCUT2D eigenvalue weighted by atomic mass is 10.2. The van der Waals surface area contributed by atoms with E-state index in [2.05, 4.69) is 5.10 Å². The number of ketones is 1. The molecule has 0 spiro atoms. The fourth-order valence-electron chi connectivity index (χ4n) is 1.60. The first-order valence-electron chi connectivity index (χ1n) is 4.93. The molecule has 0 N–H and O–H groups in total. The SMILES string of the molecule is CC(=O)Cn1nc(C(F)F)cc1C1CC1. The van der Waals surface area contributed by atoms with Crippen LogP contribution in [0.5, 0.6) is 0 Å². The van der Waals surface area contributed by atoms with Gasteiger partial charge in [-0.3, -0.25) is 9.48 Å². The van der Waals surface area contributed by atoms with Crippen LogP contribution in [0.4, 0.5) is 8.78 Å². The molecular weight excluding hydrogens is 202 g/mol. The first-order valence-corrected chi connectivity index (χ1v) is 4.93. The summed E-state index contributed by atoms with van der Waals surface area (Å²) in [5.74, 6) is 0.255. The highest BCUT2D eigenvalue weighted by Gasteiger charge is 2.29. The molecular formula is C10H12F2N2O. The quantitative estimate of drug-likeness (QED) is 0.770. The van der Waals surface area contributed by atoms with Gasteiger partial charge in [-0.2, -0.15) is 5.10 Å². The molecule has 5 heteroatoms. The number of Topliss-reactive ketones (excluding diaryl/α,β-unsaturated/α-hetero) is 1. The summed E-state index contributed by atoms with van der Waals surface area (Å²) < 4.78 is 26.3. The van der Waals surface area contributed by atoms with Crippen molar-refractivity contribution in [2.45, 2.75) is 38.7 Å². The van der Waals surface area contributed by atoms with Crippen molar-refractivity contribution in [3.63, 3.8) is 0 Å². The molecule has 0 aliphatic heterocycles. The van der Waals surface area contributed by atoms with Gasteiger partial charge in [0.25, 0.3) is 6.43 Å². The molecule has 15 heavy (non-hydrogen) atoms. The van der Waals surface area contributed by atoms with E-state index >= 15 is 0 Å². The highest BCUT2D eigenvalue weighted by Crippen LogP contribution is 2.41. The van der Waals surface area contributed by atoms with Gasteiger partial charge in [0.15, 0.2) is 5.78 Å². The molecule has 2 rings (SSSR count). The minimum absolute atomic E-state index is 0.0687. The third-order valence-electron chi connectivity index (χ3n) is 2.42. The number of alkyl halides is 2. The van der Waals surface area contributed by atoms with Crippen LogP contribution in [-0.2, 0) is 11.3 Å². The molecule has 82 valence electrons. The molecule has 0 atom stereocenters. The van der Waals surface area contributed by atoms with Crippen LogP contribution in [0.2, 0.25) is 0 Å². The summed E-state index contributed by atoms with van der Waals surface area (Å²) in [6.07, 6.45) is -0.547. The highest BCUT2D eigenvalue weighted by atomic mass is 19.3. The number of halogens is 2. The predicted octanol–water partition coefficient (Wildman–Crippen LogP) is 2.29. The molecule has 0 unspecified atom stereocenters. The molecule has 1 saturated carbocycles. The number of nitrogens with zero attached hydrogens (tertiary/aromatic N) is 2. The average molecular weight is 214 g/mol. The standard InChI is InChI=1S/C10H12F2N2O/c1-6(15)5-14-9(7-2-3-7)4-8(13-14)10(11)12/h4,7,10H,2-3,5H2,1H3. The maximum absolute atomic E-state index is 12.4. The monoisotopic (exact) mass is 214 g/mol. The highest BCUT2D eigenvalue weighted by molar-refractivity contribution is 5.75. The first-order chi connectivity index (χ1) is 7.08. The van der Waals surface area contributed by atoms with E-state index in [4.69, 9.17) is 0 Å². The fourth-order valence-corrected chi connectivity index (χ4v) is 1.60. The maximum Gasteiger partial charge on any atom is 0.282 e. The van der Waals surface area contributed by atoms with Gasteiger partial charge in [-0.05, 0) is 25.8 Å². The largest absolute Gasteiger partial charge is 0.298 e. The third-order valence-corrected chi connectivity index (χ3v) is 2.42. The van der Waals surface area contributed by atoms with E-state index in [0.29, 0.717) is 5.92 Å². The smallest absolute Gasteiger partial charge is 0.282 e. The van der Waals surface area contributed by atoms with Gasteiger partial charge in [0.2, 0.25) is 0 Å². The van der Waals surface area contributed by atoms with Crippen LogP contribution in [0.15, 0.2) is 6.07 Å². The lowest BCUT2D eigenvalue weighted by Crippen LogP contribution is -2.10. The zero-order chi connectivity index (χ0) is 11.0. The Balaban J connectivity index is 2.28. The zero-order valence-electron chi connectivity index (χ0n) is 8.41. The van der Waals surface area contributed by atoms with Crippen molar-refractivity contribution in [3.05, 3.63) is 17.5 Å². The van der Waals surface area contributed by atoms with E-state index in [-0.39, 0.29) is 18.0 Å². The molecule has 1 aliphatic rings. The Kier molecular flexibility index (Phi) is 2.54. The van der Waals surface area contributed by atoms with Gasteiger partial charge in [0, 0.05) is 11.6 Å². The van der Waals surface area contributed by atoms with Crippen molar-refractivity contribution in [2.24, 2.45) is 0 Å². The molecule has 0 saturated heterocycles. The van der Waals surface area contributed by atoms with Gasteiger partial charge in [0.05, 0.1) is 6.54 Å². The number of carbonyl (C=O) groups is 1. The zero-order valence-corrected chi connectivity index (χ0v) is 8.41. The predicted molar refractivity (Wildman–Crippen MR) is 49.8 cm³/mol. The molecule has 1 aliphatic carbocycles. The lowest BCUT2D eigenvalue weighted by Gasteiger charge is -2.02. The van der Waals surface area contributed by atoms with Crippen LogP contribution in [0.3, 0.4) is 0 Å². The summed E-state index contributed by atoms with van der Waals surface area (Å²) in [6.45, 7) is 1.53. The van der Waals surface area contributed by atoms with E-state index < -0.39 is 6.43 Å². The molecule has 0 aromatic carbocycles. The van der Waals surface area contributed by atoms with Gasteiger partial charge in [-0.25, -0.2) is 8.78 Å². The van der Waals surface area contributed by atoms with E-state index in [1.54, 1.807) is 0 Å². The average Bonchev–Trinajstić information content (AvgIpc) is 2.88. The minimum atomic E-state index is -2.56. The van der Waals surface area contributed by atoms with Gasteiger partial charge < -0.3 is 0 Å². The van der Waals surface area contributed by atoms with Crippen molar-refractivity contribution >= 4 is 5.78 Å². The molecule has 1 heterocycles. The lowest BCUT2D eigenvalue weighted by molar-refractivity contribution is -0.117. The van der Waals surface area contributed by atoms with Crippen molar-refractivity contribution in [1.82, 2.24) is 9.78 Å².